The van der Waals surface area contributed by atoms with E-state index >= 15 is 0 Å². The fourth-order valence-corrected chi connectivity index (χ4v) is 2.61. The highest BCUT2D eigenvalue weighted by molar-refractivity contribution is 5.25. The van der Waals surface area contributed by atoms with Gasteiger partial charge in [0.25, 0.3) is 0 Å². The fraction of sp³-hybridized carbons (Fsp3) is 0.368. The largest absolute Gasteiger partial charge is 0.330 e. The topological polar surface area (TPSA) is 26.0 Å². The van der Waals surface area contributed by atoms with Crippen molar-refractivity contribution in [2.45, 2.75) is 32.6 Å². The van der Waals surface area contributed by atoms with Gasteiger partial charge in [-0.05, 0) is 60.0 Å². The molecule has 0 spiro atoms. The second-order valence-electron chi connectivity index (χ2n) is 6.04. The number of benzene rings is 2. The maximum absolute atomic E-state index is 13.2. The van der Waals surface area contributed by atoms with Crippen molar-refractivity contribution in [3.8, 4) is 0 Å². The van der Waals surface area contributed by atoms with E-state index < -0.39 is 0 Å². The van der Waals surface area contributed by atoms with Crippen LogP contribution >= 0.6 is 0 Å². The summed E-state index contributed by atoms with van der Waals surface area (Å²) in [6.45, 7) is 5.01. The van der Waals surface area contributed by atoms with E-state index in [0.29, 0.717) is 18.4 Å². The highest BCUT2D eigenvalue weighted by Gasteiger charge is 2.10. The van der Waals surface area contributed by atoms with Crippen LogP contribution in [0, 0.1) is 11.7 Å². The van der Waals surface area contributed by atoms with Gasteiger partial charge in [0.05, 0.1) is 0 Å². The van der Waals surface area contributed by atoms with Gasteiger partial charge in [0.2, 0.25) is 0 Å². The van der Waals surface area contributed by atoms with Gasteiger partial charge in [0.1, 0.15) is 5.82 Å². The Balaban J connectivity index is 2.01. The van der Waals surface area contributed by atoms with Crippen LogP contribution in [0.2, 0.25) is 0 Å². The average molecular weight is 285 g/mol. The molecule has 0 aromatic heterocycles. The fourth-order valence-electron chi connectivity index (χ4n) is 2.61. The summed E-state index contributed by atoms with van der Waals surface area (Å²) < 4.78 is 13.2. The van der Waals surface area contributed by atoms with Gasteiger partial charge < -0.3 is 5.73 Å². The molecular formula is C19H24FN. The van der Waals surface area contributed by atoms with Crippen LogP contribution in [0.1, 0.15) is 36.5 Å². The first-order valence-corrected chi connectivity index (χ1v) is 7.62. The molecule has 0 bridgehead atoms. The summed E-state index contributed by atoms with van der Waals surface area (Å²) in [6.07, 6.45) is 1.76. The summed E-state index contributed by atoms with van der Waals surface area (Å²) in [5.74, 6) is 0.720. The van der Waals surface area contributed by atoms with Gasteiger partial charge in [-0.1, -0.05) is 50.2 Å². The summed E-state index contributed by atoms with van der Waals surface area (Å²) >= 11 is 0. The minimum Gasteiger partial charge on any atom is -0.330 e. The zero-order valence-corrected chi connectivity index (χ0v) is 12.9. The maximum atomic E-state index is 13.2. The Labute approximate surface area is 127 Å². The van der Waals surface area contributed by atoms with E-state index in [9.17, 15) is 4.39 Å². The van der Waals surface area contributed by atoms with Crippen LogP contribution in [0.4, 0.5) is 4.39 Å². The average Bonchev–Trinajstić information content (AvgIpc) is 2.47. The molecule has 0 aliphatic heterocycles. The molecule has 1 nitrogen and oxygen atoms in total. The third-order valence-electron chi connectivity index (χ3n) is 3.92. The van der Waals surface area contributed by atoms with E-state index in [4.69, 9.17) is 5.73 Å². The minimum absolute atomic E-state index is 0.176. The third kappa shape index (κ3) is 4.68. The first kappa shape index (κ1) is 15.7. The monoisotopic (exact) mass is 285 g/mol. The summed E-state index contributed by atoms with van der Waals surface area (Å²) in [7, 11) is 0. The zero-order chi connectivity index (χ0) is 15.2. The lowest BCUT2D eigenvalue weighted by Crippen LogP contribution is -2.19. The quantitative estimate of drug-likeness (QED) is 0.841. The van der Waals surface area contributed by atoms with Crippen molar-refractivity contribution in [2.24, 2.45) is 11.7 Å². The molecule has 1 unspecified atom stereocenters. The van der Waals surface area contributed by atoms with Gasteiger partial charge in [0, 0.05) is 0 Å². The van der Waals surface area contributed by atoms with Gasteiger partial charge in [-0.2, -0.15) is 0 Å². The van der Waals surface area contributed by atoms with Crippen molar-refractivity contribution < 1.29 is 4.39 Å². The molecule has 0 radical (unpaired) electrons. The molecule has 2 aromatic rings. The zero-order valence-electron chi connectivity index (χ0n) is 12.9. The van der Waals surface area contributed by atoms with Crippen molar-refractivity contribution in [1.29, 1.82) is 0 Å². The van der Waals surface area contributed by atoms with Gasteiger partial charge in [-0.25, -0.2) is 4.39 Å². The molecule has 0 fully saturated rings. The number of hydrogen-bond acceptors (Lipinski definition) is 1. The predicted molar refractivity (Wildman–Crippen MR) is 86.9 cm³/mol. The van der Waals surface area contributed by atoms with Crippen molar-refractivity contribution in [3.63, 3.8) is 0 Å². The van der Waals surface area contributed by atoms with Crippen molar-refractivity contribution in [3.05, 3.63) is 71.0 Å². The molecule has 2 heteroatoms. The van der Waals surface area contributed by atoms with E-state index in [0.717, 1.165) is 18.4 Å². The summed E-state index contributed by atoms with van der Waals surface area (Å²) in [5, 5.41) is 0. The van der Waals surface area contributed by atoms with Crippen LogP contribution in [0.15, 0.2) is 48.5 Å². The Morgan fingerprint density at radius 1 is 0.952 bits per heavy atom. The molecule has 21 heavy (non-hydrogen) atoms. The highest BCUT2D eigenvalue weighted by Crippen LogP contribution is 2.18. The van der Waals surface area contributed by atoms with Crippen LogP contribution in [0.5, 0.6) is 0 Å². The van der Waals surface area contributed by atoms with Crippen LogP contribution in [-0.2, 0) is 12.8 Å². The second-order valence-corrected chi connectivity index (χ2v) is 6.04. The summed E-state index contributed by atoms with van der Waals surface area (Å²) in [4.78, 5) is 0. The maximum Gasteiger partial charge on any atom is 0.123 e. The lowest BCUT2D eigenvalue weighted by molar-refractivity contribution is 0.530. The molecule has 0 heterocycles. The third-order valence-corrected chi connectivity index (χ3v) is 3.92. The van der Waals surface area contributed by atoms with Gasteiger partial charge in [-0.15, -0.1) is 0 Å². The van der Waals surface area contributed by atoms with Gasteiger partial charge >= 0.3 is 0 Å². The van der Waals surface area contributed by atoms with E-state index in [1.807, 2.05) is 6.07 Å². The second kappa shape index (κ2) is 7.37. The Bertz CT molecular complexity index is 560. The van der Waals surface area contributed by atoms with Crippen LogP contribution in [0.3, 0.4) is 0 Å². The number of rotatable bonds is 6. The smallest absolute Gasteiger partial charge is 0.123 e. The Kier molecular flexibility index (Phi) is 5.51. The molecule has 0 aliphatic rings. The Morgan fingerprint density at radius 2 is 1.62 bits per heavy atom. The lowest BCUT2D eigenvalue weighted by atomic mass is 9.91. The highest BCUT2D eigenvalue weighted by atomic mass is 19.1. The molecule has 112 valence electrons. The van der Waals surface area contributed by atoms with Crippen molar-refractivity contribution >= 4 is 0 Å². The van der Waals surface area contributed by atoms with Crippen molar-refractivity contribution in [2.75, 3.05) is 6.54 Å². The molecule has 0 saturated carbocycles. The first-order chi connectivity index (χ1) is 10.1. The molecule has 0 amide bonds. The molecule has 2 rings (SSSR count). The van der Waals surface area contributed by atoms with Crippen LogP contribution in [0.25, 0.3) is 0 Å². The van der Waals surface area contributed by atoms with Crippen molar-refractivity contribution in [1.82, 2.24) is 0 Å². The minimum atomic E-state index is -0.176. The molecule has 1 atom stereocenters. The molecular weight excluding hydrogens is 261 g/mol. The first-order valence-electron chi connectivity index (χ1n) is 7.62. The number of nitrogens with two attached hydrogens (primary N) is 1. The number of halogens is 1. The number of hydrogen-bond donors (Lipinski definition) is 1. The predicted octanol–water partition coefficient (Wildman–Crippen LogP) is 4.31. The van der Waals surface area contributed by atoms with E-state index in [1.165, 1.54) is 17.2 Å². The molecule has 0 saturated heterocycles. The summed E-state index contributed by atoms with van der Waals surface area (Å²) in [6, 6.07) is 15.6. The van der Waals surface area contributed by atoms with E-state index in [1.54, 1.807) is 12.1 Å². The summed E-state index contributed by atoms with van der Waals surface area (Å²) in [5.41, 5.74) is 9.56. The lowest BCUT2D eigenvalue weighted by Gasteiger charge is -2.16. The van der Waals surface area contributed by atoms with Gasteiger partial charge in [-0.3, -0.25) is 0 Å². The Hall–Kier alpha value is -1.67. The molecule has 2 aromatic carbocycles. The molecule has 0 aliphatic carbocycles. The Morgan fingerprint density at radius 3 is 2.19 bits per heavy atom. The van der Waals surface area contributed by atoms with Gasteiger partial charge in [0.15, 0.2) is 0 Å². The van der Waals surface area contributed by atoms with Crippen LogP contribution < -0.4 is 5.73 Å². The SMILES string of the molecule is CC(C)c1ccc(CC(CN)Cc2cccc(F)c2)cc1. The normalized spacial score (nSPS) is 12.6. The molecule has 2 N–H and O–H groups in total. The standard InChI is InChI=1S/C19H24FN/c1-14(2)18-8-6-15(7-9-18)10-17(13-21)11-16-4-3-5-19(20)12-16/h3-9,12,14,17H,10-11,13,21H2,1-2H3. The van der Waals surface area contributed by atoms with Crippen LogP contribution in [-0.4, -0.2) is 6.54 Å². The van der Waals surface area contributed by atoms with E-state index in [-0.39, 0.29) is 5.82 Å². The van der Waals surface area contributed by atoms with E-state index in [2.05, 4.69) is 38.1 Å².